The number of amides is 2. The molecule has 2 amide bonds. The molecule has 4 atom stereocenters. The second kappa shape index (κ2) is 17.9. The Balaban J connectivity index is 1.62. The number of carbonyl (C=O) groups is 3. The molecule has 12 nitrogen and oxygen atoms in total. The van der Waals surface area contributed by atoms with Crippen LogP contribution in [0.15, 0.2) is 60.7 Å². The van der Waals surface area contributed by atoms with Gasteiger partial charge >= 0.3 is 25.3 Å². The molecule has 13 heteroatoms. The molecule has 2 fully saturated rings. The molecule has 0 saturated carbocycles. The van der Waals surface area contributed by atoms with Crippen molar-refractivity contribution >= 4 is 25.3 Å². The van der Waals surface area contributed by atoms with Crippen LogP contribution in [0.4, 0.5) is 9.59 Å². The van der Waals surface area contributed by atoms with E-state index in [4.69, 9.17) is 23.5 Å². The van der Waals surface area contributed by atoms with Crippen molar-refractivity contribution in [2.75, 3.05) is 13.6 Å². The Morgan fingerprint density at radius 3 is 1.98 bits per heavy atom. The SMILES string of the molecule is CC(C)[C@H](NC(=O)OC(C)(C)C)C(O)N(C)[C@H]1CN(C(=O)OCc2ccccc2)[C@@](CCCCB2OC(C)(C)C(C)(C)O2)(C(=O)OCc2ccccc2)C1. The zero-order chi connectivity index (χ0) is 39.9. The molecule has 2 aliphatic rings. The maximum atomic E-state index is 14.5. The number of nitrogens with zero attached hydrogens (tertiary/aromatic N) is 2. The largest absolute Gasteiger partial charge is 0.459 e. The summed E-state index contributed by atoms with van der Waals surface area (Å²) in [5, 5.41) is 14.6. The number of nitrogens with one attached hydrogen (secondary N) is 1. The minimum Gasteiger partial charge on any atom is -0.459 e. The van der Waals surface area contributed by atoms with E-state index >= 15 is 0 Å². The number of benzene rings is 2. The van der Waals surface area contributed by atoms with E-state index in [0.717, 1.165) is 11.1 Å². The Hall–Kier alpha value is -3.65. The van der Waals surface area contributed by atoms with Crippen LogP contribution in [0.5, 0.6) is 0 Å². The number of likely N-dealkylation sites (tertiary alicyclic amines) is 1. The zero-order valence-electron chi connectivity index (χ0n) is 33.9. The first kappa shape index (κ1) is 43.1. The van der Waals surface area contributed by atoms with E-state index in [1.54, 1.807) is 32.7 Å². The molecule has 2 saturated heterocycles. The van der Waals surface area contributed by atoms with Gasteiger partial charge in [0.15, 0.2) is 0 Å². The molecule has 0 aromatic heterocycles. The Morgan fingerprint density at radius 2 is 1.46 bits per heavy atom. The van der Waals surface area contributed by atoms with Crippen molar-refractivity contribution in [3.05, 3.63) is 71.8 Å². The van der Waals surface area contributed by atoms with E-state index < -0.39 is 65.9 Å². The third-order valence-electron chi connectivity index (χ3n) is 10.8. The summed E-state index contributed by atoms with van der Waals surface area (Å²) in [6.45, 7) is 17.3. The van der Waals surface area contributed by atoms with Crippen LogP contribution >= 0.6 is 0 Å². The fourth-order valence-electron chi connectivity index (χ4n) is 6.97. The van der Waals surface area contributed by atoms with Crippen LogP contribution in [-0.4, -0.2) is 94.4 Å². The highest BCUT2D eigenvalue weighted by molar-refractivity contribution is 6.45. The number of alkyl carbamates (subject to hydrolysis) is 1. The summed E-state index contributed by atoms with van der Waals surface area (Å²) >= 11 is 0. The van der Waals surface area contributed by atoms with E-state index in [1.165, 1.54) is 4.90 Å². The van der Waals surface area contributed by atoms with Gasteiger partial charge < -0.3 is 33.9 Å². The molecule has 2 aromatic rings. The number of aliphatic hydroxyl groups is 1. The normalized spacial score (nSPS) is 21.9. The number of esters is 1. The first-order chi connectivity index (χ1) is 25.2. The van der Waals surface area contributed by atoms with Crippen molar-refractivity contribution in [1.29, 1.82) is 0 Å². The van der Waals surface area contributed by atoms with Crippen LogP contribution in [0.1, 0.15) is 99.1 Å². The lowest BCUT2D eigenvalue weighted by Gasteiger charge is -2.37. The van der Waals surface area contributed by atoms with Crippen molar-refractivity contribution in [2.24, 2.45) is 5.92 Å². The third kappa shape index (κ3) is 11.0. The Labute approximate surface area is 322 Å². The molecule has 0 radical (unpaired) electrons. The van der Waals surface area contributed by atoms with Crippen LogP contribution in [0.25, 0.3) is 0 Å². The molecule has 54 heavy (non-hydrogen) atoms. The van der Waals surface area contributed by atoms with Gasteiger partial charge in [0, 0.05) is 12.6 Å². The van der Waals surface area contributed by atoms with Gasteiger partial charge in [-0.15, -0.1) is 0 Å². The molecular weight excluding hydrogens is 689 g/mol. The zero-order valence-corrected chi connectivity index (χ0v) is 33.9. The van der Waals surface area contributed by atoms with E-state index in [-0.39, 0.29) is 38.5 Å². The van der Waals surface area contributed by atoms with Gasteiger partial charge in [-0.1, -0.05) is 87.4 Å². The number of carbonyl (C=O) groups excluding carboxylic acids is 3. The third-order valence-corrected chi connectivity index (χ3v) is 10.8. The standard InChI is InChI=1S/C41H62BN3O9/c1-29(2)33(43-36(48)52-38(3,4)5)34(46)44(10)32-25-41(35(47)50-27-30-19-13-11-14-20-30,23-17-18-24-42-53-39(6,7)40(8,9)54-42)45(26-32)37(49)51-28-31-21-15-12-16-22-31/h11-16,19-22,29,32-34,46H,17-18,23-28H2,1-10H3,(H,43,48)/t32-,33+,34?,41-/m1/s1. The van der Waals surface area contributed by atoms with Crippen LogP contribution in [0.2, 0.25) is 6.32 Å². The summed E-state index contributed by atoms with van der Waals surface area (Å²) in [5.41, 5.74) is -1.44. The molecule has 2 aliphatic heterocycles. The molecule has 0 spiro atoms. The summed E-state index contributed by atoms with van der Waals surface area (Å²) < 4.78 is 29.9. The summed E-state index contributed by atoms with van der Waals surface area (Å²) in [5.74, 6) is -0.727. The van der Waals surface area contributed by atoms with Gasteiger partial charge in [0.1, 0.15) is 30.6 Å². The second-order valence-electron chi connectivity index (χ2n) is 17.0. The predicted molar refractivity (Wildman–Crippen MR) is 207 cm³/mol. The molecular formula is C41H62BN3O9. The topological polar surface area (TPSA) is 136 Å². The first-order valence-electron chi connectivity index (χ1n) is 19.2. The van der Waals surface area contributed by atoms with Gasteiger partial charge in [-0.3, -0.25) is 9.80 Å². The van der Waals surface area contributed by atoms with Crippen molar-refractivity contribution in [2.45, 2.75) is 148 Å². The summed E-state index contributed by atoms with van der Waals surface area (Å²) in [7, 11) is 1.34. The molecule has 2 heterocycles. The lowest BCUT2D eigenvalue weighted by Crippen LogP contribution is -2.56. The van der Waals surface area contributed by atoms with Crippen LogP contribution in [0, 0.1) is 5.92 Å². The Bertz CT molecular complexity index is 1520. The van der Waals surface area contributed by atoms with Gasteiger partial charge in [-0.2, -0.15) is 0 Å². The number of unbranched alkanes of at least 4 members (excludes halogenated alkanes) is 1. The van der Waals surface area contributed by atoms with E-state index in [9.17, 15) is 19.5 Å². The van der Waals surface area contributed by atoms with Crippen molar-refractivity contribution < 1.29 is 43.0 Å². The lowest BCUT2D eigenvalue weighted by atomic mass is 9.80. The van der Waals surface area contributed by atoms with Crippen molar-refractivity contribution in [3.8, 4) is 0 Å². The fraction of sp³-hybridized carbons (Fsp3) is 0.634. The van der Waals surface area contributed by atoms with Gasteiger partial charge in [0.2, 0.25) is 0 Å². The Kier molecular flexibility index (Phi) is 14.3. The van der Waals surface area contributed by atoms with Crippen molar-refractivity contribution in [1.82, 2.24) is 15.1 Å². The average molecular weight is 752 g/mol. The molecule has 1 unspecified atom stereocenters. The first-order valence-corrected chi connectivity index (χ1v) is 19.2. The maximum absolute atomic E-state index is 14.5. The maximum Gasteiger partial charge on any atom is 0.457 e. The molecule has 2 N–H and O–H groups in total. The predicted octanol–water partition coefficient (Wildman–Crippen LogP) is 6.94. The fourth-order valence-corrected chi connectivity index (χ4v) is 6.97. The quantitative estimate of drug-likeness (QED) is 0.0648. The summed E-state index contributed by atoms with van der Waals surface area (Å²) in [4.78, 5) is 44.7. The van der Waals surface area contributed by atoms with Gasteiger partial charge in [-0.05, 0) is 91.7 Å². The molecule has 4 rings (SSSR count). The summed E-state index contributed by atoms with van der Waals surface area (Å²) in [6, 6.07) is 17.5. The monoisotopic (exact) mass is 751 g/mol. The van der Waals surface area contributed by atoms with Gasteiger partial charge in [0.25, 0.3) is 0 Å². The number of likely N-dealkylation sites (N-methyl/N-ethyl adjacent to an activating group) is 1. The second-order valence-corrected chi connectivity index (χ2v) is 17.0. The summed E-state index contributed by atoms with van der Waals surface area (Å²) in [6.07, 6.45) is -0.200. The van der Waals surface area contributed by atoms with Gasteiger partial charge in [-0.25, -0.2) is 14.4 Å². The molecule has 298 valence electrons. The van der Waals surface area contributed by atoms with E-state index in [1.807, 2.05) is 102 Å². The van der Waals surface area contributed by atoms with Gasteiger partial charge in [0.05, 0.1) is 17.2 Å². The average Bonchev–Trinajstić information content (AvgIpc) is 3.59. The minimum absolute atomic E-state index is 0.0195. The highest BCUT2D eigenvalue weighted by Gasteiger charge is 2.57. The van der Waals surface area contributed by atoms with E-state index in [0.29, 0.717) is 19.2 Å². The van der Waals surface area contributed by atoms with Crippen LogP contribution in [0.3, 0.4) is 0 Å². The highest BCUT2D eigenvalue weighted by Crippen LogP contribution is 2.41. The molecule has 0 bridgehead atoms. The minimum atomic E-state index is -1.41. The smallest absolute Gasteiger partial charge is 0.457 e. The molecule has 2 aromatic carbocycles. The highest BCUT2D eigenvalue weighted by atomic mass is 16.7. The molecule has 0 aliphatic carbocycles. The number of ether oxygens (including phenoxy) is 3. The van der Waals surface area contributed by atoms with Crippen LogP contribution in [-0.2, 0) is 41.5 Å². The Morgan fingerprint density at radius 1 is 0.926 bits per heavy atom. The van der Waals surface area contributed by atoms with Crippen molar-refractivity contribution in [3.63, 3.8) is 0 Å². The lowest BCUT2D eigenvalue weighted by molar-refractivity contribution is -0.158. The number of rotatable bonds is 15. The van der Waals surface area contributed by atoms with E-state index in [2.05, 4.69) is 5.32 Å². The number of hydrogen-bond donors (Lipinski definition) is 2. The number of hydrogen-bond acceptors (Lipinski definition) is 10. The van der Waals surface area contributed by atoms with Crippen LogP contribution < -0.4 is 5.32 Å². The number of aliphatic hydroxyl groups excluding tert-OH is 1.